The Kier molecular flexibility index (Phi) is 6.32. The predicted octanol–water partition coefficient (Wildman–Crippen LogP) is 3.52. The highest BCUT2D eigenvalue weighted by atomic mass is 32.2. The van der Waals surface area contributed by atoms with Crippen molar-refractivity contribution in [2.24, 2.45) is 0 Å². The normalized spacial score (nSPS) is 14.8. The fourth-order valence-corrected chi connectivity index (χ4v) is 3.49. The van der Waals surface area contributed by atoms with E-state index in [9.17, 15) is 14.4 Å². The van der Waals surface area contributed by atoms with E-state index in [4.69, 9.17) is 14.7 Å². The lowest BCUT2D eigenvalue weighted by atomic mass is 10.1. The number of imide groups is 1. The van der Waals surface area contributed by atoms with E-state index < -0.39 is 11.1 Å². The molecule has 1 aliphatic rings. The summed E-state index contributed by atoms with van der Waals surface area (Å²) in [4.78, 5) is 38.4. The minimum atomic E-state index is -0.520. The molecule has 1 fully saturated rings. The van der Waals surface area contributed by atoms with Crippen LogP contribution >= 0.6 is 11.8 Å². The molecule has 2 aromatic carbocycles. The molecule has 0 atom stereocenters. The van der Waals surface area contributed by atoms with E-state index in [-0.39, 0.29) is 23.8 Å². The second kappa shape index (κ2) is 9.08. The molecule has 1 aliphatic heterocycles. The first-order valence-corrected chi connectivity index (χ1v) is 9.36. The average Bonchev–Trinajstić information content (AvgIpc) is 3.00. The number of amides is 2. The zero-order valence-electron chi connectivity index (χ0n) is 15.5. The topological polar surface area (TPSA) is 96.7 Å². The molecule has 0 aliphatic carbocycles. The summed E-state index contributed by atoms with van der Waals surface area (Å²) >= 11 is 0.777. The van der Waals surface area contributed by atoms with Crippen molar-refractivity contribution < 1.29 is 23.9 Å². The molecule has 0 saturated carbocycles. The molecule has 0 radical (unpaired) electrons. The lowest BCUT2D eigenvalue weighted by Gasteiger charge is -2.11. The molecule has 8 heteroatoms. The van der Waals surface area contributed by atoms with Crippen LogP contribution in [0.15, 0.2) is 53.4 Å². The van der Waals surface area contributed by atoms with Crippen molar-refractivity contribution in [2.75, 3.05) is 20.3 Å². The van der Waals surface area contributed by atoms with Crippen LogP contribution in [0.4, 0.5) is 4.79 Å². The molecule has 29 heavy (non-hydrogen) atoms. The quantitative estimate of drug-likeness (QED) is 0.511. The third-order valence-electron chi connectivity index (χ3n) is 4.05. The molecular weight excluding hydrogens is 392 g/mol. The second-order valence-electron chi connectivity index (χ2n) is 5.91. The standard InChI is InChI=1S/C21H16N2O5S/c1-27-18-11-14(7-8-17(18)28-10-9-22)12-19-20(25)23(21(26)29-19)13-16(24)15-5-3-2-4-6-15/h2-8,11-12H,10,13H2,1H3/b19-12-. The lowest BCUT2D eigenvalue weighted by Crippen LogP contribution is -2.33. The zero-order chi connectivity index (χ0) is 20.8. The number of ether oxygens (including phenoxy) is 2. The first kappa shape index (κ1) is 20.2. The van der Waals surface area contributed by atoms with Gasteiger partial charge in [-0.3, -0.25) is 19.3 Å². The second-order valence-corrected chi connectivity index (χ2v) is 6.91. The monoisotopic (exact) mass is 408 g/mol. The number of nitriles is 1. The van der Waals surface area contributed by atoms with Gasteiger partial charge in [0.05, 0.1) is 18.6 Å². The van der Waals surface area contributed by atoms with E-state index in [1.807, 2.05) is 6.07 Å². The summed E-state index contributed by atoms with van der Waals surface area (Å²) in [5.41, 5.74) is 1.05. The molecule has 0 bridgehead atoms. The van der Waals surface area contributed by atoms with Crippen molar-refractivity contribution >= 4 is 34.8 Å². The van der Waals surface area contributed by atoms with Crippen molar-refractivity contribution in [1.29, 1.82) is 5.26 Å². The number of carbonyl (C=O) groups is 3. The van der Waals surface area contributed by atoms with E-state index in [1.54, 1.807) is 54.6 Å². The Hall–Kier alpha value is -3.57. The first-order chi connectivity index (χ1) is 14.0. The Morgan fingerprint density at radius 3 is 2.62 bits per heavy atom. The molecule has 0 N–H and O–H groups in total. The summed E-state index contributed by atoms with van der Waals surface area (Å²) in [6, 6.07) is 15.3. The predicted molar refractivity (Wildman–Crippen MR) is 108 cm³/mol. The Bertz CT molecular complexity index is 1030. The van der Waals surface area contributed by atoms with Crippen molar-refractivity contribution in [2.45, 2.75) is 0 Å². The van der Waals surface area contributed by atoms with Crippen LogP contribution in [-0.4, -0.2) is 42.1 Å². The lowest BCUT2D eigenvalue weighted by molar-refractivity contribution is -0.122. The number of thioether (sulfide) groups is 1. The highest BCUT2D eigenvalue weighted by Gasteiger charge is 2.36. The van der Waals surface area contributed by atoms with Crippen LogP contribution in [0.1, 0.15) is 15.9 Å². The minimum Gasteiger partial charge on any atom is -0.493 e. The van der Waals surface area contributed by atoms with Gasteiger partial charge in [0.25, 0.3) is 11.1 Å². The van der Waals surface area contributed by atoms with Crippen LogP contribution < -0.4 is 9.47 Å². The highest BCUT2D eigenvalue weighted by Crippen LogP contribution is 2.34. The van der Waals surface area contributed by atoms with Gasteiger partial charge in [-0.25, -0.2) is 0 Å². The molecule has 2 amide bonds. The molecular formula is C21H16N2O5S. The molecule has 0 aromatic heterocycles. The fourth-order valence-electron chi connectivity index (χ4n) is 2.65. The number of hydrogen-bond acceptors (Lipinski definition) is 7. The summed E-state index contributed by atoms with van der Waals surface area (Å²) in [6.45, 7) is -0.430. The number of methoxy groups -OCH3 is 1. The average molecular weight is 408 g/mol. The van der Waals surface area contributed by atoms with E-state index in [2.05, 4.69) is 0 Å². The summed E-state index contributed by atoms with van der Waals surface area (Å²) in [7, 11) is 1.46. The van der Waals surface area contributed by atoms with Gasteiger partial charge in [-0.05, 0) is 35.5 Å². The first-order valence-electron chi connectivity index (χ1n) is 8.55. The Morgan fingerprint density at radius 2 is 1.93 bits per heavy atom. The smallest absolute Gasteiger partial charge is 0.293 e. The van der Waals surface area contributed by atoms with Crippen LogP contribution in [0, 0.1) is 11.3 Å². The number of ketones is 1. The van der Waals surface area contributed by atoms with Crippen molar-refractivity contribution in [1.82, 2.24) is 4.90 Å². The molecule has 146 valence electrons. The maximum absolute atomic E-state index is 12.6. The van der Waals surface area contributed by atoms with Crippen LogP contribution in [0.2, 0.25) is 0 Å². The molecule has 0 unspecified atom stereocenters. The molecule has 1 heterocycles. The number of nitrogens with zero attached hydrogens (tertiary/aromatic N) is 2. The van der Waals surface area contributed by atoms with Crippen molar-refractivity contribution in [3.05, 3.63) is 64.6 Å². The Morgan fingerprint density at radius 1 is 1.17 bits per heavy atom. The maximum Gasteiger partial charge on any atom is 0.293 e. The summed E-state index contributed by atoms with van der Waals surface area (Å²) < 4.78 is 10.5. The Labute approximate surface area is 171 Å². The largest absolute Gasteiger partial charge is 0.493 e. The molecule has 2 aromatic rings. The van der Waals surface area contributed by atoms with Gasteiger partial charge < -0.3 is 9.47 Å². The Balaban J connectivity index is 1.77. The van der Waals surface area contributed by atoms with Crippen LogP contribution in [-0.2, 0) is 4.79 Å². The van der Waals surface area contributed by atoms with Crippen LogP contribution in [0.25, 0.3) is 6.08 Å². The summed E-state index contributed by atoms with van der Waals surface area (Å²) in [6.07, 6.45) is 1.55. The van der Waals surface area contributed by atoms with Gasteiger partial charge in [0, 0.05) is 5.56 Å². The maximum atomic E-state index is 12.6. The SMILES string of the molecule is COc1cc(/C=C2\SC(=O)N(CC(=O)c3ccccc3)C2=O)ccc1OCC#N. The van der Waals surface area contributed by atoms with Gasteiger partial charge in [-0.2, -0.15) is 5.26 Å². The minimum absolute atomic E-state index is 0.121. The number of Topliss-reactive ketones (excluding diaryl/α,β-unsaturated/α-hetero) is 1. The molecule has 3 rings (SSSR count). The zero-order valence-corrected chi connectivity index (χ0v) is 16.3. The molecule has 0 spiro atoms. The molecule has 1 saturated heterocycles. The van der Waals surface area contributed by atoms with Gasteiger partial charge in [0.2, 0.25) is 0 Å². The highest BCUT2D eigenvalue weighted by molar-refractivity contribution is 8.18. The number of benzene rings is 2. The van der Waals surface area contributed by atoms with E-state index in [1.165, 1.54) is 7.11 Å². The van der Waals surface area contributed by atoms with Crippen molar-refractivity contribution in [3.63, 3.8) is 0 Å². The van der Waals surface area contributed by atoms with Crippen LogP contribution in [0.3, 0.4) is 0 Å². The van der Waals surface area contributed by atoms with Crippen LogP contribution in [0.5, 0.6) is 11.5 Å². The third-order valence-corrected chi connectivity index (χ3v) is 4.96. The van der Waals surface area contributed by atoms with Gasteiger partial charge in [0.1, 0.15) is 6.07 Å². The number of hydrogen-bond donors (Lipinski definition) is 0. The molecule has 7 nitrogen and oxygen atoms in total. The summed E-state index contributed by atoms with van der Waals surface area (Å²) in [5.74, 6) is -0.0388. The number of rotatable bonds is 7. The van der Waals surface area contributed by atoms with Gasteiger partial charge in [-0.1, -0.05) is 36.4 Å². The van der Waals surface area contributed by atoms with E-state index in [0.717, 1.165) is 16.7 Å². The van der Waals surface area contributed by atoms with E-state index in [0.29, 0.717) is 22.6 Å². The van der Waals surface area contributed by atoms with Gasteiger partial charge in [-0.15, -0.1) is 0 Å². The van der Waals surface area contributed by atoms with Crippen molar-refractivity contribution in [3.8, 4) is 17.6 Å². The van der Waals surface area contributed by atoms with E-state index >= 15 is 0 Å². The third kappa shape index (κ3) is 4.65. The number of carbonyl (C=O) groups excluding carboxylic acids is 3. The van der Waals surface area contributed by atoms with Gasteiger partial charge in [0.15, 0.2) is 23.9 Å². The van der Waals surface area contributed by atoms with Gasteiger partial charge >= 0.3 is 0 Å². The summed E-state index contributed by atoms with van der Waals surface area (Å²) in [5, 5.41) is 8.13. The fraction of sp³-hybridized carbons (Fsp3) is 0.143.